The number of anilines is 1. The minimum absolute atomic E-state index is 0.0724. The molecule has 0 saturated heterocycles. The molecule has 1 aliphatic carbocycles. The number of hydrogen-bond acceptors (Lipinski definition) is 5. The summed E-state index contributed by atoms with van der Waals surface area (Å²) in [6.45, 7) is 0. The van der Waals surface area contributed by atoms with Crippen LogP contribution in [0.4, 0.5) is 5.69 Å². The Balaban J connectivity index is 1.78. The molecule has 1 fully saturated rings. The second kappa shape index (κ2) is 7.63. The second-order valence-corrected chi connectivity index (χ2v) is 7.42. The molecule has 1 aromatic carbocycles. The average Bonchev–Trinajstić information content (AvgIpc) is 3.11. The number of thioether (sulfide) groups is 1. The number of para-hydroxylation sites is 1. The lowest BCUT2D eigenvalue weighted by molar-refractivity contribution is -0.126. The number of carbonyl (C=O) groups is 2. The Morgan fingerprint density at radius 2 is 1.96 bits per heavy atom. The average molecular weight is 366 g/mol. The highest BCUT2D eigenvalue weighted by Gasteiger charge is 2.52. The zero-order valence-corrected chi connectivity index (χ0v) is 14.9. The molecule has 1 saturated carbocycles. The zero-order valence-electron chi connectivity index (χ0n) is 14.1. The Bertz CT molecular complexity index is 829. The van der Waals surface area contributed by atoms with E-state index in [1.807, 2.05) is 18.2 Å². The first-order chi connectivity index (χ1) is 12.6. The van der Waals surface area contributed by atoms with Gasteiger partial charge in [-0.15, -0.1) is 0 Å². The molecule has 1 atom stereocenters. The van der Waals surface area contributed by atoms with Crippen molar-refractivity contribution in [2.75, 3.05) is 11.1 Å². The van der Waals surface area contributed by atoms with Crippen LogP contribution in [-0.4, -0.2) is 17.6 Å². The minimum atomic E-state index is -0.845. The molecule has 0 unspecified atom stereocenters. The van der Waals surface area contributed by atoms with E-state index in [1.165, 1.54) is 0 Å². The van der Waals surface area contributed by atoms with E-state index in [0.29, 0.717) is 29.1 Å². The van der Waals surface area contributed by atoms with Gasteiger partial charge in [-0.2, -0.15) is 10.5 Å². The van der Waals surface area contributed by atoms with Crippen LogP contribution in [0.2, 0.25) is 0 Å². The molecule has 1 spiro atoms. The van der Waals surface area contributed by atoms with Gasteiger partial charge >= 0.3 is 0 Å². The number of benzene rings is 1. The summed E-state index contributed by atoms with van der Waals surface area (Å²) < 4.78 is 0. The lowest BCUT2D eigenvalue weighted by Gasteiger charge is -2.37. The molecule has 2 amide bonds. The van der Waals surface area contributed by atoms with Crippen molar-refractivity contribution in [1.29, 1.82) is 10.5 Å². The molecule has 0 radical (unpaired) electrons. The topological polar surface area (TPSA) is 106 Å². The van der Waals surface area contributed by atoms with Crippen molar-refractivity contribution in [3.05, 3.63) is 40.9 Å². The maximum absolute atomic E-state index is 12.4. The summed E-state index contributed by atoms with van der Waals surface area (Å²) in [6.07, 6.45) is 3.09. The number of carbonyl (C=O) groups excluding carboxylic acids is 2. The van der Waals surface area contributed by atoms with Crippen molar-refractivity contribution < 1.29 is 9.59 Å². The number of amides is 2. The van der Waals surface area contributed by atoms with Crippen LogP contribution in [-0.2, 0) is 9.59 Å². The van der Waals surface area contributed by atoms with Crippen LogP contribution >= 0.6 is 11.8 Å². The van der Waals surface area contributed by atoms with Gasteiger partial charge in [-0.1, -0.05) is 42.8 Å². The molecule has 1 aliphatic heterocycles. The van der Waals surface area contributed by atoms with E-state index < -0.39 is 11.3 Å². The summed E-state index contributed by atoms with van der Waals surface area (Å²) >= 11 is 1.14. The summed E-state index contributed by atoms with van der Waals surface area (Å²) in [5, 5.41) is 25.0. The van der Waals surface area contributed by atoms with Crippen molar-refractivity contribution in [2.24, 2.45) is 11.3 Å². The molecular formula is C19H18N4O2S. The summed E-state index contributed by atoms with van der Waals surface area (Å²) in [5.41, 5.74) is 0.431. The predicted octanol–water partition coefficient (Wildman–Crippen LogP) is 2.92. The number of nitrogens with zero attached hydrogens (tertiary/aromatic N) is 2. The SMILES string of the molecule is N#CC1=C(SCC(=O)Nc2ccccc2)NC(=O)[C@H](C#N)C12CCCC2. The van der Waals surface area contributed by atoms with Crippen LogP contribution in [0.5, 0.6) is 0 Å². The summed E-state index contributed by atoms with van der Waals surface area (Å²) in [5.74, 6) is -1.37. The number of rotatable bonds is 4. The molecule has 2 N–H and O–H groups in total. The van der Waals surface area contributed by atoms with Gasteiger partial charge in [0, 0.05) is 11.1 Å². The highest BCUT2D eigenvalue weighted by Crippen LogP contribution is 2.53. The van der Waals surface area contributed by atoms with E-state index in [2.05, 4.69) is 22.8 Å². The van der Waals surface area contributed by atoms with Gasteiger partial charge in [0.05, 0.1) is 28.5 Å². The van der Waals surface area contributed by atoms with Crippen molar-refractivity contribution >= 4 is 29.3 Å². The molecular weight excluding hydrogens is 348 g/mol. The van der Waals surface area contributed by atoms with Gasteiger partial charge < -0.3 is 10.6 Å². The Labute approximate surface area is 156 Å². The van der Waals surface area contributed by atoms with Crippen molar-refractivity contribution in [1.82, 2.24) is 5.32 Å². The van der Waals surface area contributed by atoms with Gasteiger partial charge in [0.1, 0.15) is 5.92 Å². The molecule has 6 nitrogen and oxygen atoms in total. The van der Waals surface area contributed by atoms with E-state index in [0.717, 1.165) is 24.6 Å². The van der Waals surface area contributed by atoms with E-state index in [4.69, 9.17) is 0 Å². The third kappa shape index (κ3) is 3.31. The second-order valence-electron chi connectivity index (χ2n) is 6.43. The maximum atomic E-state index is 12.4. The largest absolute Gasteiger partial charge is 0.325 e. The van der Waals surface area contributed by atoms with Gasteiger partial charge in [0.15, 0.2) is 0 Å². The van der Waals surface area contributed by atoms with Crippen LogP contribution in [0, 0.1) is 34.0 Å². The smallest absolute Gasteiger partial charge is 0.243 e. The maximum Gasteiger partial charge on any atom is 0.243 e. The van der Waals surface area contributed by atoms with Gasteiger partial charge in [-0.05, 0) is 25.0 Å². The van der Waals surface area contributed by atoms with Gasteiger partial charge in [0.2, 0.25) is 11.8 Å². The fourth-order valence-electron chi connectivity index (χ4n) is 3.72. The standard InChI is InChI=1S/C19H18N4O2S/c20-10-14-17(25)23-18(15(11-21)19(14)8-4-5-9-19)26-12-16(24)22-13-6-2-1-3-7-13/h1-3,6-7,14H,4-5,8-9,12H2,(H,22,24)(H,23,25)/t14-/m0/s1. The normalized spacial score (nSPS) is 21.0. The summed E-state index contributed by atoms with van der Waals surface area (Å²) in [6, 6.07) is 13.4. The third-order valence-corrected chi connectivity index (χ3v) is 5.92. The van der Waals surface area contributed by atoms with E-state index in [-0.39, 0.29) is 17.6 Å². The van der Waals surface area contributed by atoms with E-state index >= 15 is 0 Å². The zero-order chi connectivity index (χ0) is 18.6. The van der Waals surface area contributed by atoms with Crippen LogP contribution < -0.4 is 10.6 Å². The Morgan fingerprint density at radius 3 is 2.58 bits per heavy atom. The molecule has 1 aromatic rings. The van der Waals surface area contributed by atoms with Gasteiger partial charge in [-0.25, -0.2) is 0 Å². The third-order valence-electron chi connectivity index (χ3n) is 4.92. The molecule has 26 heavy (non-hydrogen) atoms. The predicted molar refractivity (Wildman–Crippen MR) is 98.3 cm³/mol. The number of nitriles is 2. The highest BCUT2D eigenvalue weighted by molar-refractivity contribution is 8.03. The Kier molecular flexibility index (Phi) is 5.29. The first kappa shape index (κ1) is 18.0. The minimum Gasteiger partial charge on any atom is -0.325 e. The molecule has 7 heteroatoms. The Morgan fingerprint density at radius 1 is 1.27 bits per heavy atom. The molecule has 0 bridgehead atoms. The highest BCUT2D eigenvalue weighted by atomic mass is 32.2. The number of nitrogens with one attached hydrogen (secondary N) is 2. The monoisotopic (exact) mass is 366 g/mol. The van der Waals surface area contributed by atoms with Crippen LogP contribution in [0.15, 0.2) is 40.9 Å². The fraction of sp³-hybridized carbons (Fsp3) is 0.368. The quantitative estimate of drug-likeness (QED) is 0.852. The lowest BCUT2D eigenvalue weighted by atomic mass is 9.67. The van der Waals surface area contributed by atoms with Crippen molar-refractivity contribution in [3.8, 4) is 12.1 Å². The molecule has 3 rings (SSSR count). The van der Waals surface area contributed by atoms with E-state index in [1.54, 1.807) is 12.1 Å². The van der Waals surface area contributed by atoms with Crippen molar-refractivity contribution in [3.63, 3.8) is 0 Å². The number of hydrogen-bond donors (Lipinski definition) is 2. The first-order valence-electron chi connectivity index (χ1n) is 8.44. The first-order valence-corrected chi connectivity index (χ1v) is 9.42. The molecule has 0 aromatic heterocycles. The van der Waals surface area contributed by atoms with Crippen LogP contribution in [0.25, 0.3) is 0 Å². The molecule has 1 heterocycles. The van der Waals surface area contributed by atoms with Crippen molar-refractivity contribution in [2.45, 2.75) is 25.7 Å². The molecule has 132 valence electrons. The molecule has 2 aliphatic rings. The Hall–Kier alpha value is -2.77. The van der Waals surface area contributed by atoms with Crippen LogP contribution in [0.3, 0.4) is 0 Å². The summed E-state index contributed by atoms with van der Waals surface area (Å²) in [7, 11) is 0. The lowest BCUT2D eigenvalue weighted by Crippen LogP contribution is -2.46. The fourth-order valence-corrected chi connectivity index (χ4v) is 4.63. The van der Waals surface area contributed by atoms with Gasteiger partial charge in [0.25, 0.3) is 0 Å². The van der Waals surface area contributed by atoms with Crippen LogP contribution in [0.1, 0.15) is 25.7 Å². The summed E-state index contributed by atoms with van der Waals surface area (Å²) in [4.78, 5) is 24.6. The van der Waals surface area contributed by atoms with E-state index in [9.17, 15) is 20.1 Å². The number of allylic oxidation sites excluding steroid dienone is 1. The van der Waals surface area contributed by atoms with Gasteiger partial charge in [-0.3, -0.25) is 9.59 Å².